The van der Waals surface area contributed by atoms with Crippen molar-refractivity contribution in [2.45, 2.75) is 26.3 Å². The van der Waals surface area contributed by atoms with Gasteiger partial charge in [0, 0.05) is 18.2 Å². The van der Waals surface area contributed by atoms with Crippen molar-refractivity contribution < 1.29 is 4.79 Å². The number of amides is 1. The van der Waals surface area contributed by atoms with Gasteiger partial charge in [0.05, 0.1) is 0 Å². The molecule has 1 fully saturated rings. The third-order valence-electron chi connectivity index (χ3n) is 4.47. The monoisotopic (exact) mass is 282 g/mol. The number of hydrogen-bond acceptors (Lipinski definition) is 2. The number of fused-ring (bicyclic) bond motifs is 1. The number of piperidine rings is 1. The number of rotatable bonds is 2. The normalized spacial score (nSPS) is 21.1. The highest BCUT2D eigenvalue weighted by molar-refractivity contribution is 6.07. The topological polar surface area (TPSA) is 41.1 Å². The van der Waals surface area contributed by atoms with E-state index in [2.05, 4.69) is 24.5 Å². The summed E-state index contributed by atoms with van der Waals surface area (Å²) in [6, 6.07) is 14.1. The maximum absolute atomic E-state index is 12.7. The molecule has 0 radical (unpaired) electrons. The largest absolute Gasteiger partial charge is 0.349 e. The minimum absolute atomic E-state index is 0.0341. The van der Waals surface area contributed by atoms with Crippen LogP contribution in [-0.4, -0.2) is 25.0 Å². The molecular formula is C18H22N2O. The highest BCUT2D eigenvalue weighted by Gasteiger charge is 2.33. The Morgan fingerprint density at radius 3 is 2.76 bits per heavy atom. The van der Waals surface area contributed by atoms with E-state index < -0.39 is 0 Å². The molecule has 1 aliphatic heterocycles. The Labute approximate surface area is 125 Å². The summed E-state index contributed by atoms with van der Waals surface area (Å²) in [5, 5.41) is 8.76. The number of carbonyl (C=O) groups excluding carboxylic acids is 1. The molecule has 1 amide bonds. The van der Waals surface area contributed by atoms with Crippen molar-refractivity contribution in [3.63, 3.8) is 0 Å². The molecule has 0 bridgehead atoms. The number of hydrogen-bond donors (Lipinski definition) is 2. The van der Waals surface area contributed by atoms with Gasteiger partial charge in [-0.25, -0.2) is 0 Å². The highest BCUT2D eigenvalue weighted by Crippen LogP contribution is 2.26. The Kier molecular flexibility index (Phi) is 3.68. The van der Waals surface area contributed by atoms with Gasteiger partial charge in [0.25, 0.3) is 5.91 Å². The molecular weight excluding hydrogens is 260 g/mol. The van der Waals surface area contributed by atoms with Gasteiger partial charge in [0.1, 0.15) is 0 Å². The molecule has 2 N–H and O–H groups in total. The average molecular weight is 282 g/mol. The van der Waals surface area contributed by atoms with Gasteiger partial charge in [-0.2, -0.15) is 0 Å². The summed E-state index contributed by atoms with van der Waals surface area (Å²) in [5.41, 5.74) is 0.848. The fourth-order valence-corrected chi connectivity index (χ4v) is 3.10. The van der Waals surface area contributed by atoms with Crippen LogP contribution >= 0.6 is 0 Å². The molecule has 2 aromatic rings. The van der Waals surface area contributed by atoms with E-state index in [1.165, 1.54) is 0 Å². The molecule has 1 unspecified atom stereocenters. The lowest BCUT2D eigenvalue weighted by Gasteiger charge is -2.39. The fraction of sp³-hybridized carbons (Fsp3) is 0.389. The van der Waals surface area contributed by atoms with Gasteiger partial charge in [0.2, 0.25) is 0 Å². The van der Waals surface area contributed by atoms with E-state index in [1.807, 2.05) is 42.5 Å². The lowest BCUT2D eigenvalue weighted by Crippen LogP contribution is -2.54. The second-order valence-electron chi connectivity index (χ2n) is 6.51. The number of benzene rings is 2. The first-order chi connectivity index (χ1) is 10.1. The molecule has 0 aliphatic carbocycles. The van der Waals surface area contributed by atoms with Crippen LogP contribution in [0.15, 0.2) is 42.5 Å². The van der Waals surface area contributed by atoms with Crippen LogP contribution in [0.3, 0.4) is 0 Å². The van der Waals surface area contributed by atoms with E-state index in [1.54, 1.807) is 0 Å². The first kappa shape index (κ1) is 14.1. The maximum atomic E-state index is 12.7. The zero-order valence-corrected chi connectivity index (χ0v) is 12.6. The van der Waals surface area contributed by atoms with Crippen molar-refractivity contribution in [2.24, 2.45) is 5.41 Å². The molecule has 1 saturated heterocycles. The summed E-state index contributed by atoms with van der Waals surface area (Å²) < 4.78 is 0. The third kappa shape index (κ3) is 2.79. The van der Waals surface area contributed by atoms with Gasteiger partial charge in [-0.3, -0.25) is 4.79 Å². The van der Waals surface area contributed by atoms with Crippen LogP contribution in [0.2, 0.25) is 0 Å². The summed E-state index contributed by atoms with van der Waals surface area (Å²) in [7, 11) is 0. The van der Waals surface area contributed by atoms with Crippen LogP contribution in [-0.2, 0) is 0 Å². The standard InChI is InChI=1S/C18H22N2O/c1-18(2)12-19-11-10-16(18)20-17(21)15-9-5-7-13-6-3-4-8-14(13)15/h3-9,16,19H,10-12H2,1-2H3,(H,20,21). The van der Waals surface area contributed by atoms with E-state index in [0.717, 1.165) is 35.8 Å². The van der Waals surface area contributed by atoms with Crippen molar-refractivity contribution in [1.29, 1.82) is 0 Å². The summed E-state index contributed by atoms with van der Waals surface area (Å²) in [4.78, 5) is 12.7. The van der Waals surface area contributed by atoms with Crippen molar-refractivity contribution in [2.75, 3.05) is 13.1 Å². The average Bonchev–Trinajstić information content (AvgIpc) is 2.48. The smallest absolute Gasteiger partial charge is 0.252 e. The first-order valence-electron chi connectivity index (χ1n) is 7.57. The van der Waals surface area contributed by atoms with Crippen LogP contribution in [0, 0.1) is 5.41 Å². The van der Waals surface area contributed by atoms with E-state index >= 15 is 0 Å². The van der Waals surface area contributed by atoms with Crippen molar-refractivity contribution in [1.82, 2.24) is 10.6 Å². The predicted molar refractivity (Wildman–Crippen MR) is 86.5 cm³/mol. The molecule has 0 spiro atoms. The Balaban J connectivity index is 1.87. The molecule has 1 heterocycles. The van der Waals surface area contributed by atoms with E-state index in [9.17, 15) is 4.79 Å². The minimum Gasteiger partial charge on any atom is -0.349 e. The van der Waals surface area contributed by atoms with E-state index in [4.69, 9.17) is 0 Å². The van der Waals surface area contributed by atoms with Gasteiger partial charge in [-0.05, 0) is 35.2 Å². The van der Waals surface area contributed by atoms with Gasteiger partial charge >= 0.3 is 0 Å². The fourth-order valence-electron chi connectivity index (χ4n) is 3.10. The third-order valence-corrected chi connectivity index (χ3v) is 4.47. The van der Waals surface area contributed by atoms with Gasteiger partial charge < -0.3 is 10.6 Å². The Bertz CT molecular complexity index is 658. The van der Waals surface area contributed by atoms with Crippen LogP contribution in [0.1, 0.15) is 30.6 Å². The van der Waals surface area contributed by atoms with Crippen LogP contribution in [0.4, 0.5) is 0 Å². The lowest BCUT2D eigenvalue weighted by molar-refractivity contribution is 0.0870. The molecule has 0 aromatic heterocycles. The molecule has 1 aliphatic rings. The number of nitrogens with one attached hydrogen (secondary N) is 2. The first-order valence-corrected chi connectivity index (χ1v) is 7.57. The van der Waals surface area contributed by atoms with Crippen molar-refractivity contribution in [3.8, 4) is 0 Å². The molecule has 3 rings (SSSR count). The van der Waals surface area contributed by atoms with E-state index in [0.29, 0.717) is 0 Å². The highest BCUT2D eigenvalue weighted by atomic mass is 16.1. The predicted octanol–water partition coefficient (Wildman–Crippen LogP) is 2.96. The Hall–Kier alpha value is -1.87. The van der Waals surface area contributed by atoms with Crippen LogP contribution in [0.5, 0.6) is 0 Å². The quantitative estimate of drug-likeness (QED) is 0.889. The molecule has 3 nitrogen and oxygen atoms in total. The SMILES string of the molecule is CC1(C)CNCCC1NC(=O)c1cccc2ccccc12. The minimum atomic E-state index is 0.0341. The van der Waals surface area contributed by atoms with Crippen LogP contribution in [0.25, 0.3) is 10.8 Å². The Morgan fingerprint density at radius 1 is 1.19 bits per heavy atom. The zero-order chi connectivity index (χ0) is 14.9. The molecule has 1 atom stereocenters. The summed E-state index contributed by atoms with van der Waals surface area (Å²) in [6.45, 7) is 6.30. The molecule has 3 heteroatoms. The molecule has 2 aromatic carbocycles. The summed E-state index contributed by atoms with van der Waals surface area (Å²) in [6.07, 6.45) is 0.976. The van der Waals surface area contributed by atoms with Gasteiger partial charge in [-0.15, -0.1) is 0 Å². The lowest BCUT2D eigenvalue weighted by atomic mass is 9.80. The summed E-state index contributed by atoms with van der Waals surface area (Å²) in [5.74, 6) is 0.0341. The zero-order valence-electron chi connectivity index (χ0n) is 12.6. The summed E-state index contributed by atoms with van der Waals surface area (Å²) >= 11 is 0. The van der Waals surface area contributed by atoms with Crippen molar-refractivity contribution in [3.05, 3.63) is 48.0 Å². The molecule has 0 saturated carbocycles. The maximum Gasteiger partial charge on any atom is 0.252 e. The van der Waals surface area contributed by atoms with Gasteiger partial charge in [0.15, 0.2) is 0 Å². The number of carbonyl (C=O) groups is 1. The van der Waals surface area contributed by atoms with Crippen LogP contribution < -0.4 is 10.6 Å². The molecule has 110 valence electrons. The van der Waals surface area contributed by atoms with Gasteiger partial charge in [-0.1, -0.05) is 50.2 Å². The van der Waals surface area contributed by atoms with Crippen molar-refractivity contribution >= 4 is 16.7 Å². The molecule has 21 heavy (non-hydrogen) atoms. The second-order valence-corrected chi connectivity index (χ2v) is 6.51. The van der Waals surface area contributed by atoms with E-state index in [-0.39, 0.29) is 17.4 Å². The Morgan fingerprint density at radius 2 is 1.95 bits per heavy atom. The second kappa shape index (κ2) is 5.49.